The van der Waals surface area contributed by atoms with E-state index in [4.69, 9.17) is 0 Å². The molecule has 1 rings (SSSR count). The second-order valence-electron chi connectivity index (χ2n) is 6.02. The molecule has 1 aromatic rings. The molecule has 1 unspecified atom stereocenters. The lowest BCUT2D eigenvalue weighted by Gasteiger charge is -2.19. The number of nitrogens with zero attached hydrogens (tertiary/aromatic N) is 2. The first kappa shape index (κ1) is 16.7. The van der Waals surface area contributed by atoms with E-state index in [1.807, 2.05) is 19.9 Å². The van der Waals surface area contributed by atoms with Crippen molar-refractivity contribution in [1.82, 2.24) is 9.97 Å². The first-order valence-corrected chi connectivity index (χ1v) is 7.42. The molecular weight excluding hydrogens is 252 g/mol. The smallest absolute Gasteiger partial charge is 0.138 e. The van der Waals surface area contributed by atoms with Crippen LogP contribution in [0.1, 0.15) is 53.3 Å². The summed E-state index contributed by atoms with van der Waals surface area (Å²) < 4.78 is 0. The molecule has 0 aliphatic rings. The third-order valence-electron chi connectivity index (χ3n) is 3.01. The summed E-state index contributed by atoms with van der Waals surface area (Å²) in [6.07, 6.45) is 1.25. The maximum Gasteiger partial charge on any atom is 0.138 e. The summed E-state index contributed by atoms with van der Waals surface area (Å²) >= 11 is 0. The number of hydrogen-bond acceptors (Lipinski definition) is 5. The lowest BCUT2D eigenvalue weighted by molar-refractivity contribution is 0.164. The lowest BCUT2D eigenvalue weighted by atomic mass is 9.96. The predicted molar refractivity (Wildman–Crippen MR) is 84.3 cm³/mol. The van der Waals surface area contributed by atoms with Gasteiger partial charge in [-0.05, 0) is 19.8 Å². The van der Waals surface area contributed by atoms with Crippen LogP contribution < -0.4 is 10.6 Å². The maximum absolute atomic E-state index is 9.57. The number of hydrogen-bond donors (Lipinski definition) is 3. The SMILES string of the molecule is CCNc1cc(NCCC(O)CC)nc(C(C)(C)C)n1. The Kier molecular flexibility index (Phi) is 6.20. The highest BCUT2D eigenvalue weighted by Gasteiger charge is 2.19. The van der Waals surface area contributed by atoms with E-state index in [1.54, 1.807) is 0 Å². The fraction of sp³-hybridized carbons (Fsp3) is 0.733. The Hall–Kier alpha value is -1.36. The Morgan fingerprint density at radius 3 is 2.25 bits per heavy atom. The molecule has 0 fully saturated rings. The minimum atomic E-state index is -0.250. The molecule has 0 spiro atoms. The van der Waals surface area contributed by atoms with Gasteiger partial charge in [-0.15, -0.1) is 0 Å². The van der Waals surface area contributed by atoms with Crippen LogP contribution in [-0.4, -0.2) is 34.3 Å². The molecule has 0 saturated carbocycles. The first-order valence-electron chi connectivity index (χ1n) is 7.42. The monoisotopic (exact) mass is 280 g/mol. The fourth-order valence-electron chi connectivity index (χ4n) is 1.72. The second-order valence-corrected chi connectivity index (χ2v) is 6.02. The molecule has 0 saturated heterocycles. The normalized spacial score (nSPS) is 13.1. The van der Waals surface area contributed by atoms with Crippen molar-refractivity contribution in [3.05, 3.63) is 11.9 Å². The van der Waals surface area contributed by atoms with Gasteiger partial charge in [-0.3, -0.25) is 0 Å². The summed E-state index contributed by atoms with van der Waals surface area (Å²) in [6, 6.07) is 1.91. The van der Waals surface area contributed by atoms with E-state index in [1.165, 1.54) is 0 Å². The third-order valence-corrected chi connectivity index (χ3v) is 3.01. The van der Waals surface area contributed by atoms with Gasteiger partial charge in [-0.1, -0.05) is 27.7 Å². The third kappa shape index (κ3) is 5.33. The molecule has 1 heterocycles. The summed E-state index contributed by atoms with van der Waals surface area (Å²) in [5.74, 6) is 2.46. The van der Waals surface area contributed by atoms with Gasteiger partial charge in [0.1, 0.15) is 17.5 Å². The summed E-state index contributed by atoms with van der Waals surface area (Å²) in [6.45, 7) is 11.9. The molecular formula is C15H28N4O. The van der Waals surface area contributed by atoms with Gasteiger partial charge in [-0.25, -0.2) is 9.97 Å². The minimum Gasteiger partial charge on any atom is -0.393 e. The van der Waals surface area contributed by atoms with Gasteiger partial charge in [0.25, 0.3) is 0 Å². The van der Waals surface area contributed by atoms with Crippen molar-refractivity contribution in [3.63, 3.8) is 0 Å². The zero-order chi connectivity index (χ0) is 15.2. The van der Waals surface area contributed by atoms with Crippen molar-refractivity contribution >= 4 is 11.6 Å². The number of rotatable bonds is 7. The Morgan fingerprint density at radius 2 is 1.75 bits per heavy atom. The van der Waals surface area contributed by atoms with Gasteiger partial charge in [0.2, 0.25) is 0 Å². The van der Waals surface area contributed by atoms with Crippen LogP contribution in [-0.2, 0) is 5.41 Å². The van der Waals surface area contributed by atoms with Crippen LogP contribution in [0, 0.1) is 0 Å². The molecule has 1 atom stereocenters. The topological polar surface area (TPSA) is 70.1 Å². The van der Waals surface area contributed by atoms with E-state index in [0.29, 0.717) is 6.54 Å². The van der Waals surface area contributed by atoms with Gasteiger partial charge < -0.3 is 15.7 Å². The van der Waals surface area contributed by atoms with Gasteiger partial charge >= 0.3 is 0 Å². The highest BCUT2D eigenvalue weighted by Crippen LogP contribution is 2.22. The molecule has 0 bridgehead atoms. The molecule has 3 N–H and O–H groups in total. The zero-order valence-corrected chi connectivity index (χ0v) is 13.3. The average Bonchev–Trinajstić information content (AvgIpc) is 2.37. The molecule has 0 aromatic carbocycles. The van der Waals surface area contributed by atoms with Gasteiger partial charge in [-0.2, -0.15) is 0 Å². The number of aliphatic hydroxyl groups excluding tert-OH is 1. The van der Waals surface area contributed by atoms with Crippen LogP contribution in [0.3, 0.4) is 0 Å². The molecule has 0 aliphatic heterocycles. The van der Waals surface area contributed by atoms with Crippen molar-refractivity contribution in [2.45, 2.75) is 59.0 Å². The largest absolute Gasteiger partial charge is 0.393 e. The van der Waals surface area contributed by atoms with Crippen molar-refractivity contribution < 1.29 is 5.11 Å². The first-order chi connectivity index (χ1) is 9.36. The van der Waals surface area contributed by atoms with Crippen LogP contribution in [0.2, 0.25) is 0 Å². The minimum absolute atomic E-state index is 0.0925. The Balaban J connectivity index is 2.81. The van der Waals surface area contributed by atoms with Crippen LogP contribution in [0.25, 0.3) is 0 Å². The van der Waals surface area contributed by atoms with Crippen LogP contribution in [0.15, 0.2) is 6.07 Å². The summed E-state index contributed by atoms with van der Waals surface area (Å²) in [5, 5.41) is 16.1. The van der Waals surface area contributed by atoms with Crippen LogP contribution in [0.4, 0.5) is 11.6 Å². The summed E-state index contributed by atoms with van der Waals surface area (Å²) in [7, 11) is 0. The van der Waals surface area contributed by atoms with E-state index in [2.05, 4.69) is 41.4 Å². The van der Waals surface area contributed by atoms with Gasteiger partial charge in [0.15, 0.2) is 0 Å². The summed E-state index contributed by atoms with van der Waals surface area (Å²) in [4.78, 5) is 9.11. The predicted octanol–water partition coefficient (Wildman–Crippen LogP) is 2.78. The molecule has 5 heteroatoms. The zero-order valence-electron chi connectivity index (χ0n) is 13.3. The average molecular weight is 280 g/mol. The molecule has 0 aliphatic carbocycles. The molecule has 114 valence electrons. The Bertz CT molecular complexity index is 415. The van der Waals surface area contributed by atoms with Gasteiger partial charge in [0, 0.05) is 24.6 Å². The van der Waals surface area contributed by atoms with Gasteiger partial charge in [0.05, 0.1) is 6.10 Å². The van der Waals surface area contributed by atoms with E-state index in [9.17, 15) is 5.11 Å². The van der Waals surface area contributed by atoms with Crippen molar-refractivity contribution in [2.24, 2.45) is 0 Å². The number of nitrogens with one attached hydrogen (secondary N) is 2. The Labute approximate surface area is 122 Å². The lowest BCUT2D eigenvalue weighted by Crippen LogP contribution is -2.19. The maximum atomic E-state index is 9.57. The van der Waals surface area contributed by atoms with E-state index < -0.39 is 0 Å². The molecule has 1 aromatic heterocycles. The standard InChI is InChI=1S/C15H28N4O/c1-6-11(20)8-9-17-13-10-12(16-7-2)18-14(19-13)15(3,4)5/h10-11,20H,6-9H2,1-5H3,(H2,16,17,18,19). The van der Waals surface area contributed by atoms with E-state index in [0.717, 1.165) is 36.8 Å². The van der Waals surface area contributed by atoms with Crippen molar-refractivity contribution in [1.29, 1.82) is 0 Å². The quantitative estimate of drug-likeness (QED) is 0.716. The van der Waals surface area contributed by atoms with Crippen molar-refractivity contribution in [3.8, 4) is 0 Å². The highest BCUT2D eigenvalue weighted by molar-refractivity contribution is 5.48. The fourth-order valence-corrected chi connectivity index (χ4v) is 1.72. The molecule has 0 radical (unpaired) electrons. The molecule has 0 amide bonds. The molecule has 20 heavy (non-hydrogen) atoms. The van der Waals surface area contributed by atoms with E-state index in [-0.39, 0.29) is 11.5 Å². The highest BCUT2D eigenvalue weighted by atomic mass is 16.3. The van der Waals surface area contributed by atoms with Crippen LogP contribution in [0.5, 0.6) is 0 Å². The van der Waals surface area contributed by atoms with Crippen LogP contribution >= 0.6 is 0 Å². The number of anilines is 2. The number of aliphatic hydroxyl groups is 1. The Morgan fingerprint density at radius 1 is 1.15 bits per heavy atom. The molecule has 5 nitrogen and oxygen atoms in total. The second kappa shape index (κ2) is 7.43. The van der Waals surface area contributed by atoms with Crippen molar-refractivity contribution in [2.75, 3.05) is 23.7 Å². The summed E-state index contributed by atoms with van der Waals surface area (Å²) in [5.41, 5.74) is -0.0925. The van der Waals surface area contributed by atoms with E-state index >= 15 is 0 Å². The number of aromatic nitrogens is 2.